The Bertz CT molecular complexity index is 1310. The van der Waals surface area contributed by atoms with Crippen LogP contribution in [0.1, 0.15) is 16.7 Å². The number of nitriles is 1. The molecule has 0 aliphatic carbocycles. The van der Waals surface area contributed by atoms with Gasteiger partial charge in [0.1, 0.15) is 18.2 Å². The zero-order valence-electron chi connectivity index (χ0n) is 18.4. The number of halogens is 1. The molecule has 0 spiro atoms. The van der Waals surface area contributed by atoms with Crippen LogP contribution in [0, 0.1) is 28.4 Å². The predicted octanol–water partition coefficient (Wildman–Crippen LogP) is 5.69. The monoisotopic (exact) mass is 477 g/mol. The molecule has 0 aliphatic heterocycles. The number of benzene rings is 3. The lowest BCUT2D eigenvalue weighted by atomic mass is 10.1. The number of anilines is 1. The van der Waals surface area contributed by atoms with Gasteiger partial charge in [-0.05, 0) is 48.4 Å². The Hall–Kier alpha value is -4.35. The fourth-order valence-electron chi connectivity index (χ4n) is 3.07. The molecule has 0 aliphatic rings. The van der Waals surface area contributed by atoms with E-state index in [1.54, 1.807) is 31.2 Å². The second-order valence-corrected chi connectivity index (χ2v) is 7.58. The number of nitrogens with zero attached hydrogens (tertiary/aromatic N) is 2. The molecule has 1 N–H and O–H groups in total. The molecule has 34 heavy (non-hydrogen) atoms. The van der Waals surface area contributed by atoms with Gasteiger partial charge in [-0.1, -0.05) is 35.9 Å². The molecule has 0 atom stereocenters. The van der Waals surface area contributed by atoms with Gasteiger partial charge in [-0.2, -0.15) is 5.26 Å². The van der Waals surface area contributed by atoms with Crippen LogP contribution in [0.3, 0.4) is 0 Å². The quantitative estimate of drug-likeness (QED) is 0.193. The Kier molecular flexibility index (Phi) is 7.85. The molecular formula is C25H20ClN3O5. The number of hydrogen-bond acceptors (Lipinski definition) is 6. The minimum Gasteiger partial charge on any atom is -0.493 e. The van der Waals surface area contributed by atoms with E-state index in [-0.39, 0.29) is 17.9 Å². The van der Waals surface area contributed by atoms with E-state index in [0.717, 1.165) is 5.56 Å². The van der Waals surface area contributed by atoms with Crippen molar-refractivity contribution in [1.29, 1.82) is 5.26 Å². The number of methoxy groups -OCH3 is 1. The summed E-state index contributed by atoms with van der Waals surface area (Å²) in [7, 11) is 1.49. The number of amides is 1. The zero-order valence-corrected chi connectivity index (χ0v) is 19.1. The molecule has 3 rings (SSSR count). The van der Waals surface area contributed by atoms with Crippen LogP contribution in [0.4, 0.5) is 11.4 Å². The number of nitrogens with one attached hydrogen (secondary N) is 1. The van der Waals surface area contributed by atoms with E-state index in [4.69, 9.17) is 21.1 Å². The first kappa shape index (κ1) is 24.3. The Balaban J connectivity index is 1.77. The van der Waals surface area contributed by atoms with E-state index >= 15 is 0 Å². The summed E-state index contributed by atoms with van der Waals surface area (Å²) in [6, 6.07) is 18.3. The third-order valence-corrected chi connectivity index (χ3v) is 5.24. The molecule has 1 amide bonds. The Morgan fingerprint density at radius 1 is 1.18 bits per heavy atom. The number of hydrogen-bond donors (Lipinski definition) is 1. The number of ether oxygens (including phenoxy) is 2. The molecule has 0 radical (unpaired) electrons. The highest BCUT2D eigenvalue weighted by Gasteiger charge is 2.14. The van der Waals surface area contributed by atoms with Gasteiger partial charge in [0.25, 0.3) is 11.6 Å². The molecule has 0 bridgehead atoms. The van der Waals surface area contributed by atoms with Crippen LogP contribution < -0.4 is 14.8 Å². The van der Waals surface area contributed by atoms with Gasteiger partial charge < -0.3 is 14.8 Å². The summed E-state index contributed by atoms with van der Waals surface area (Å²) >= 11 is 6.16. The molecule has 0 saturated carbocycles. The molecule has 0 aromatic heterocycles. The predicted molar refractivity (Wildman–Crippen MR) is 129 cm³/mol. The fraction of sp³-hybridized carbons (Fsp3) is 0.120. The van der Waals surface area contributed by atoms with Crippen molar-refractivity contribution in [3.8, 4) is 17.6 Å². The van der Waals surface area contributed by atoms with Crippen molar-refractivity contribution in [1.82, 2.24) is 0 Å². The second kappa shape index (κ2) is 11.0. The molecule has 9 heteroatoms. The van der Waals surface area contributed by atoms with Crippen LogP contribution in [0.2, 0.25) is 5.02 Å². The third kappa shape index (κ3) is 5.91. The van der Waals surface area contributed by atoms with Crippen molar-refractivity contribution in [2.24, 2.45) is 0 Å². The first-order chi connectivity index (χ1) is 16.3. The van der Waals surface area contributed by atoms with Crippen LogP contribution in [-0.4, -0.2) is 17.9 Å². The van der Waals surface area contributed by atoms with E-state index < -0.39 is 10.8 Å². The highest BCUT2D eigenvalue weighted by atomic mass is 35.5. The van der Waals surface area contributed by atoms with Crippen molar-refractivity contribution in [2.75, 3.05) is 12.4 Å². The lowest BCUT2D eigenvalue weighted by molar-refractivity contribution is -0.384. The van der Waals surface area contributed by atoms with Gasteiger partial charge in [0.2, 0.25) is 0 Å². The van der Waals surface area contributed by atoms with Gasteiger partial charge in [0.05, 0.1) is 12.0 Å². The Morgan fingerprint density at radius 3 is 2.59 bits per heavy atom. The van der Waals surface area contributed by atoms with E-state index in [1.807, 2.05) is 24.3 Å². The summed E-state index contributed by atoms with van der Waals surface area (Å²) in [6.45, 7) is 1.87. The summed E-state index contributed by atoms with van der Waals surface area (Å²) in [6.07, 6.45) is 1.41. The van der Waals surface area contributed by atoms with Crippen molar-refractivity contribution in [3.63, 3.8) is 0 Å². The molecule has 0 fully saturated rings. The summed E-state index contributed by atoms with van der Waals surface area (Å²) in [5, 5.41) is 23.6. The molecule has 8 nitrogen and oxygen atoms in total. The molecule has 172 valence electrons. The fourth-order valence-corrected chi connectivity index (χ4v) is 3.26. The van der Waals surface area contributed by atoms with Gasteiger partial charge in [-0.3, -0.25) is 14.9 Å². The summed E-state index contributed by atoms with van der Waals surface area (Å²) in [5.41, 5.74) is 2.01. The Labute approximate surface area is 201 Å². The minimum atomic E-state index is -0.641. The second-order valence-electron chi connectivity index (χ2n) is 7.17. The van der Waals surface area contributed by atoms with Gasteiger partial charge in [-0.25, -0.2) is 0 Å². The van der Waals surface area contributed by atoms with E-state index in [9.17, 15) is 20.2 Å². The first-order valence-corrected chi connectivity index (χ1v) is 10.4. The summed E-state index contributed by atoms with van der Waals surface area (Å²) < 4.78 is 11.2. The average molecular weight is 478 g/mol. The Morgan fingerprint density at radius 2 is 1.94 bits per heavy atom. The molecule has 0 saturated heterocycles. The van der Waals surface area contributed by atoms with Crippen LogP contribution in [0.15, 0.2) is 66.2 Å². The van der Waals surface area contributed by atoms with Gasteiger partial charge >= 0.3 is 0 Å². The maximum Gasteiger partial charge on any atom is 0.269 e. The third-order valence-electron chi connectivity index (χ3n) is 4.87. The van der Waals surface area contributed by atoms with Crippen LogP contribution in [-0.2, 0) is 11.4 Å². The van der Waals surface area contributed by atoms with Gasteiger partial charge in [0.15, 0.2) is 11.5 Å². The topological polar surface area (TPSA) is 114 Å². The van der Waals surface area contributed by atoms with Crippen molar-refractivity contribution in [2.45, 2.75) is 13.5 Å². The number of rotatable bonds is 8. The van der Waals surface area contributed by atoms with Crippen molar-refractivity contribution >= 4 is 35.0 Å². The summed E-state index contributed by atoms with van der Waals surface area (Å²) in [4.78, 5) is 23.0. The van der Waals surface area contributed by atoms with Gasteiger partial charge in [-0.15, -0.1) is 0 Å². The largest absolute Gasteiger partial charge is 0.493 e. The van der Waals surface area contributed by atoms with E-state index in [2.05, 4.69) is 5.32 Å². The number of non-ortho nitro benzene ring substituents is 1. The zero-order chi connectivity index (χ0) is 24.7. The van der Waals surface area contributed by atoms with Crippen molar-refractivity contribution < 1.29 is 19.2 Å². The first-order valence-electron chi connectivity index (χ1n) is 10.0. The number of nitro benzene ring substituents is 1. The maximum atomic E-state index is 12.6. The van der Waals surface area contributed by atoms with Crippen molar-refractivity contribution in [3.05, 3.63) is 98.1 Å². The highest BCUT2D eigenvalue weighted by Crippen LogP contribution is 2.30. The normalized spacial score (nSPS) is 10.8. The highest BCUT2D eigenvalue weighted by molar-refractivity contribution is 6.31. The molecule has 0 heterocycles. The minimum absolute atomic E-state index is 0.0875. The maximum absolute atomic E-state index is 12.6. The number of aryl methyl sites for hydroxylation is 1. The number of nitro groups is 1. The number of carbonyl (C=O) groups is 1. The standard InChI is InChI=1S/C25H20ClN3O5/c1-16-11-20(29(31)32)8-9-22(16)28-25(30)19(14-27)12-17-7-10-23(24(13-17)33-2)34-15-18-5-3-4-6-21(18)26/h3-13H,15H2,1-2H3,(H,28,30)/b19-12-. The van der Waals surface area contributed by atoms with Crippen LogP contribution in [0.5, 0.6) is 11.5 Å². The molecule has 0 unspecified atom stereocenters. The SMILES string of the molecule is COc1cc(/C=C(/C#N)C(=O)Nc2ccc([N+](=O)[O-])cc2C)ccc1OCc1ccccc1Cl. The van der Waals surface area contributed by atoms with Crippen LogP contribution in [0.25, 0.3) is 6.08 Å². The summed E-state index contributed by atoms with van der Waals surface area (Å²) in [5.74, 6) is 0.256. The van der Waals surface area contributed by atoms with E-state index in [1.165, 1.54) is 31.4 Å². The number of carbonyl (C=O) groups excluding carboxylic acids is 1. The molecular weight excluding hydrogens is 458 g/mol. The molecule has 3 aromatic carbocycles. The van der Waals surface area contributed by atoms with E-state index in [0.29, 0.717) is 33.3 Å². The molecule has 3 aromatic rings. The lowest BCUT2D eigenvalue weighted by Crippen LogP contribution is -2.14. The smallest absolute Gasteiger partial charge is 0.269 e. The van der Waals surface area contributed by atoms with Gasteiger partial charge in [0, 0.05) is 28.4 Å². The lowest BCUT2D eigenvalue weighted by Gasteiger charge is -2.12. The average Bonchev–Trinajstić information content (AvgIpc) is 2.83. The van der Waals surface area contributed by atoms with Crippen LogP contribution >= 0.6 is 11.6 Å².